The second kappa shape index (κ2) is 3.87. The lowest BCUT2D eigenvalue weighted by atomic mass is 10.2. The van der Waals surface area contributed by atoms with E-state index in [4.69, 9.17) is 4.52 Å². The third-order valence-corrected chi connectivity index (χ3v) is 2.11. The van der Waals surface area contributed by atoms with Crippen LogP contribution in [-0.2, 0) is 0 Å². The van der Waals surface area contributed by atoms with Crippen LogP contribution >= 0.6 is 0 Å². The van der Waals surface area contributed by atoms with Gasteiger partial charge in [0.25, 0.3) is 0 Å². The number of rotatable bonds is 3. The topological polar surface area (TPSA) is 42.2 Å². The van der Waals surface area contributed by atoms with Gasteiger partial charge in [0.1, 0.15) is 0 Å². The molecule has 0 aliphatic carbocycles. The molecule has 0 saturated heterocycles. The van der Waals surface area contributed by atoms with E-state index >= 15 is 0 Å². The van der Waals surface area contributed by atoms with Crippen LogP contribution in [0.4, 0.5) is 0 Å². The fourth-order valence-corrected chi connectivity index (χ4v) is 0.872. The maximum atomic E-state index is 5.15. The van der Waals surface area contributed by atoms with Gasteiger partial charge < -0.3 is 4.52 Å². The molecule has 0 saturated carbocycles. The molecule has 1 rings (SSSR count). The second-order valence-electron chi connectivity index (χ2n) is 3.79. The van der Waals surface area contributed by atoms with Crippen molar-refractivity contribution in [3.63, 3.8) is 0 Å². The van der Waals surface area contributed by atoms with Crippen LogP contribution in [0, 0.1) is 0 Å². The Balaban J connectivity index is 2.79. The van der Waals surface area contributed by atoms with Crippen LogP contribution in [-0.4, -0.2) is 29.1 Å². The highest BCUT2D eigenvalue weighted by molar-refractivity contribution is 4.94. The van der Waals surface area contributed by atoms with Crippen LogP contribution < -0.4 is 0 Å². The van der Waals surface area contributed by atoms with Crippen molar-refractivity contribution in [2.45, 2.75) is 32.7 Å². The Hall–Kier alpha value is -0.900. The summed E-state index contributed by atoms with van der Waals surface area (Å²) in [6, 6.07) is 0.181. The molecule has 74 valence electrons. The van der Waals surface area contributed by atoms with Gasteiger partial charge in [-0.2, -0.15) is 4.98 Å². The normalized spacial score (nSPS) is 14.1. The summed E-state index contributed by atoms with van der Waals surface area (Å²) in [6.45, 7) is 6.14. The highest BCUT2D eigenvalue weighted by Crippen LogP contribution is 2.17. The molecule has 1 aromatic heterocycles. The van der Waals surface area contributed by atoms with E-state index in [9.17, 15) is 0 Å². The van der Waals surface area contributed by atoms with E-state index < -0.39 is 0 Å². The van der Waals surface area contributed by atoms with Crippen molar-refractivity contribution in [2.75, 3.05) is 14.1 Å². The smallest absolute Gasteiger partial charge is 0.243 e. The van der Waals surface area contributed by atoms with Gasteiger partial charge in [-0.15, -0.1) is 0 Å². The molecule has 13 heavy (non-hydrogen) atoms. The molecule has 0 bridgehead atoms. The lowest BCUT2D eigenvalue weighted by Crippen LogP contribution is -2.17. The standard InChI is InChI=1S/C9H17N3O/c1-6(2)8-10-9(13-11-8)7(3)12(4)5/h6-7H,1-5H3/t7-/m1/s1. The molecule has 1 aromatic rings. The maximum Gasteiger partial charge on any atom is 0.243 e. The van der Waals surface area contributed by atoms with Gasteiger partial charge in [0.05, 0.1) is 6.04 Å². The molecular weight excluding hydrogens is 166 g/mol. The minimum absolute atomic E-state index is 0.181. The molecule has 1 atom stereocenters. The maximum absolute atomic E-state index is 5.15. The summed E-state index contributed by atoms with van der Waals surface area (Å²) in [5.41, 5.74) is 0. The monoisotopic (exact) mass is 183 g/mol. The van der Waals surface area contributed by atoms with Gasteiger partial charge in [0.2, 0.25) is 5.89 Å². The van der Waals surface area contributed by atoms with Crippen molar-refractivity contribution in [3.05, 3.63) is 11.7 Å². The highest BCUT2D eigenvalue weighted by atomic mass is 16.5. The SMILES string of the molecule is CC(C)c1noc([C@@H](C)N(C)C)n1. The van der Waals surface area contributed by atoms with Crippen molar-refractivity contribution < 1.29 is 4.52 Å². The Morgan fingerprint density at radius 2 is 1.85 bits per heavy atom. The zero-order chi connectivity index (χ0) is 10.0. The summed E-state index contributed by atoms with van der Waals surface area (Å²) in [5.74, 6) is 1.80. The Morgan fingerprint density at radius 1 is 1.23 bits per heavy atom. The first-order chi connectivity index (χ1) is 6.02. The second-order valence-corrected chi connectivity index (χ2v) is 3.79. The van der Waals surface area contributed by atoms with E-state index in [0.717, 1.165) is 5.82 Å². The van der Waals surface area contributed by atoms with Crippen LogP contribution in [0.2, 0.25) is 0 Å². The van der Waals surface area contributed by atoms with Gasteiger partial charge in [-0.3, -0.25) is 4.90 Å². The first-order valence-corrected chi connectivity index (χ1v) is 4.52. The zero-order valence-corrected chi connectivity index (χ0v) is 8.90. The molecule has 0 unspecified atom stereocenters. The van der Waals surface area contributed by atoms with E-state index in [1.165, 1.54) is 0 Å². The Bertz CT molecular complexity index is 268. The highest BCUT2D eigenvalue weighted by Gasteiger charge is 2.16. The molecule has 0 fully saturated rings. The first kappa shape index (κ1) is 10.2. The van der Waals surface area contributed by atoms with E-state index in [1.807, 2.05) is 25.9 Å². The molecule has 0 N–H and O–H groups in total. The third kappa shape index (κ3) is 2.28. The molecule has 0 radical (unpaired) electrons. The van der Waals surface area contributed by atoms with Crippen molar-refractivity contribution in [1.82, 2.24) is 15.0 Å². The summed E-state index contributed by atoms with van der Waals surface area (Å²) in [4.78, 5) is 6.35. The quantitative estimate of drug-likeness (QED) is 0.716. The minimum Gasteiger partial charge on any atom is -0.338 e. The van der Waals surface area contributed by atoms with Gasteiger partial charge in [0, 0.05) is 5.92 Å². The van der Waals surface area contributed by atoms with E-state index in [2.05, 4.69) is 24.0 Å². The van der Waals surface area contributed by atoms with E-state index in [1.54, 1.807) is 0 Å². The van der Waals surface area contributed by atoms with Crippen molar-refractivity contribution in [2.24, 2.45) is 0 Å². The van der Waals surface area contributed by atoms with Crippen LogP contribution in [0.5, 0.6) is 0 Å². The number of nitrogens with zero attached hydrogens (tertiary/aromatic N) is 3. The number of hydrogen-bond acceptors (Lipinski definition) is 4. The Labute approximate surface area is 78.9 Å². The molecule has 0 amide bonds. The van der Waals surface area contributed by atoms with Gasteiger partial charge in [0.15, 0.2) is 5.82 Å². The lowest BCUT2D eigenvalue weighted by Gasteiger charge is -2.14. The summed E-state index contributed by atoms with van der Waals surface area (Å²) in [6.07, 6.45) is 0. The van der Waals surface area contributed by atoms with Crippen LogP contribution in [0.25, 0.3) is 0 Å². The molecule has 0 aliphatic heterocycles. The van der Waals surface area contributed by atoms with Gasteiger partial charge >= 0.3 is 0 Å². The molecule has 0 spiro atoms. The van der Waals surface area contributed by atoms with Gasteiger partial charge in [-0.05, 0) is 21.0 Å². The summed E-state index contributed by atoms with van der Waals surface area (Å²) in [7, 11) is 3.98. The van der Waals surface area contributed by atoms with Gasteiger partial charge in [-0.1, -0.05) is 19.0 Å². The molecule has 1 heterocycles. The fraction of sp³-hybridized carbons (Fsp3) is 0.778. The largest absolute Gasteiger partial charge is 0.338 e. The van der Waals surface area contributed by atoms with Crippen molar-refractivity contribution in [3.8, 4) is 0 Å². The minimum atomic E-state index is 0.181. The molecule has 4 heteroatoms. The number of aromatic nitrogens is 2. The van der Waals surface area contributed by atoms with E-state index in [-0.39, 0.29) is 6.04 Å². The predicted molar refractivity (Wildman–Crippen MR) is 50.5 cm³/mol. The zero-order valence-electron chi connectivity index (χ0n) is 8.90. The van der Waals surface area contributed by atoms with E-state index in [0.29, 0.717) is 11.8 Å². The van der Waals surface area contributed by atoms with Crippen LogP contribution in [0.15, 0.2) is 4.52 Å². The van der Waals surface area contributed by atoms with Crippen molar-refractivity contribution >= 4 is 0 Å². The van der Waals surface area contributed by atoms with Gasteiger partial charge in [-0.25, -0.2) is 0 Å². The molecule has 0 aromatic carbocycles. The molecule has 0 aliphatic rings. The Kier molecular flexibility index (Phi) is 3.03. The lowest BCUT2D eigenvalue weighted by molar-refractivity contribution is 0.244. The van der Waals surface area contributed by atoms with Crippen LogP contribution in [0.3, 0.4) is 0 Å². The third-order valence-electron chi connectivity index (χ3n) is 2.11. The molecular formula is C9H17N3O. The summed E-state index contributed by atoms with van der Waals surface area (Å²) in [5, 5.41) is 3.91. The average Bonchev–Trinajstić information content (AvgIpc) is 2.50. The fourth-order valence-electron chi connectivity index (χ4n) is 0.872. The summed E-state index contributed by atoms with van der Waals surface area (Å²) < 4.78 is 5.15. The average molecular weight is 183 g/mol. The molecule has 4 nitrogen and oxygen atoms in total. The predicted octanol–water partition coefficient (Wildman–Crippen LogP) is 1.82. The Morgan fingerprint density at radius 3 is 2.23 bits per heavy atom. The first-order valence-electron chi connectivity index (χ1n) is 4.52. The number of hydrogen-bond donors (Lipinski definition) is 0. The van der Waals surface area contributed by atoms with Crippen LogP contribution in [0.1, 0.15) is 44.4 Å². The van der Waals surface area contributed by atoms with Crippen molar-refractivity contribution in [1.29, 1.82) is 0 Å². The summed E-state index contributed by atoms with van der Waals surface area (Å²) >= 11 is 0.